The number of hydrogen-bond acceptors (Lipinski definition) is 6. The van der Waals surface area contributed by atoms with Gasteiger partial charge in [-0.1, -0.05) is 52.8 Å². The molecule has 1 aromatic carbocycles. The molecule has 45 heavy (non-hydrogen) atoms. The highest BCUT2D eigenvalue weighted by Crippen LogP contribution is 2.76. The fourth-order valence-electron chi connectivity index (χ4n) is 11.4. The first-order valence-electron chi connectivity index (χ1n) is 17.3. The Kier molecular flexibility index (Phi) is 8.65. The third-order valence-electron chi connectivity index (χ3n) is 13.9. The molecule has 4 aliphatic carbocycles. The van der Waals surface area contributed by atoms with Crippen LogP contribution in [0.15, 0.2) is 36.4 Å². The summed E-state index contributed by atoms with van der Waals surface area (Å²) in [5.41, 5.74) is -0.707. The number of aromatic hydroxyl groups is 2. The van der Waals surface area contributed by atoms with Crippen molar-refractivity contribution in [3.63, 3.8) is 0 Å². The van der Waals surface area contributed by atoms with Crippen LogP contribution in [0.1, 0.15) is 119 Å². The van der Waals surface area contributed by atoms with Crippen molar-refractivity contribution >= 4 is 12.0 Å². The quantitative estimate of drug-likeness (QED) is 0.106. The summed E-state index contributed by atoms with van der Waals surface area (Å²) in [5, 5.41) is 41.3. The summed E-state index contributed by atoms with van der Waals surface area (Å²) in [6.07, 6.45) is 15.9. The zero-order chi connectivity index (χ0) is 33.2. The van der Waals surface area contributed by atoms with Crippen LogP contribution in [0.25, 0.3) is 6.08 Å². The molecule has 4 aliphatic rings. The lowest BCUT2D eigenvalue weighted by molar-refractivity contribution is -0.229. The van der Waals surface area contributed by atoms with Gasteiger partial charge < -0.3 is 25.2 Å². The summed E-state index contributed by atoms with van der Waals surface area (Å²) in [6, 6.07) is 4.47. The Labute approximate surface area is 271 Å². The van der Waals surface area contributed by atoms with E-state index in [4.69, 9.17) is 4.74 Å². The largest absolute Gasteiger partial charge is 0.504 e. The van der Waals surface area contributed by atoms with Crippen molar-refractivity contribution in [2.45, 2.75) is 130 Å². The zero-order valence-corrected chi connectivity index (χ0v) is 28.9. The Balaban J connectivity index is 1.31. The summed E-state index contributed by atoms with van der Waals surface area (Å²) in [5.74, 6) is 0.979. The van der Waals surface area contributed by atoms with Gasteiger partial charge in [0.1, 0.15) is 6.10 Å². The molecule has 4 fully saturated rings. The molecule has 0 aromatic heterocycles. The normalized spacial score (nSPS) is 39.2. The van der Waals surface area contributed by atoms with Crippen molar-refractivity contribution in [1.82, 2.24) is 0 Å². The summed E-state index contributed by atoms with van der Waals surface area (Å²) >= 11 is 0. The predicted octanol–water partition coefficient (Wildman–Crippen LogP) is 8.18. The average molecular weight is 623 g/mol. The van der Waals surface area contributed by atoms with Crippen LogP contribution in [0.5, 0.6) is 11.5 Å². The van der Waals surface area contributed by atoms with Gasteiger partial charge in [0.15, 0.2) is 11.5 Å². The topological polar surface area (TPSA) is 107 Å². The SMILES string of the molecule is CC(C)(O)C=CCC(C)(O)C1CCC2(C)C1CCC1C3(C)CCC(OC(=O)C=Cc4ccc(O)c(O)c4)C(C)(C)C3CCC12C. The molecule has 9 unspecified atom stereocenters. The first kappa shape index (κ1) is 34.0. The van der Waals surface area contributed by atoms with Gasteiger partial charge in [0.2, 0.25) is 0 Å². The molecule has 0 spiro atoms. The summed E-state index contributed by atoms with van der Waals surface area (Å²) in [7, 11) is 0. The van der Waals surface area contributed by atoms with Crippen molar-refractivity contribution in [2.24, 2.45) is 45.3 Å². The van der Waals surface area contributed by atoms with Crippen LogP contribution in [0.2, 0.25) is 0 Å². The van der Waals surface area contributed by atoms with Crippen molar-refractivity contribution < 1.29 is 30.0 Å². The number of carbonyl (C=O) groups excluding carboxylic acids is 1. The molecule has 9 atom stereocenters. The van der Waals surface area contributed by atoms with E-state index in [2.05, 4.69) is 34.6 Å². The zero-order valence-electron chi connectivity index (χ0n) is 28.9. The average Bonchev–Trinajstić information content (AvgIpc) is 3.29. The molecule has 0 amide bonds. The van der Waals surface area contributed by atoms with E-state index in [-0.39, 0.29) is 51.2 Å². The fraction of sp³-hybridized carbons (Fsp3) is 0.718. The summed E-state index contributed by atoms with van der Waals surface area (Å²) in [4.78, 5) is 13.0. The van der Waals surface area contributed by atoms with Crippen LogP contribution < -0.4 is 0 Å². The molecule has 6 nitrogen and oxygen atoms in total. The number of rotatable bonds is 7. The van der Waals surface area contributed by atoms with Gasteiger partial charge in [0.05, 0.1) is 11.2 Å². The van der Waals surface area contributed by atoms with E-state index in [0.717, 1.165) is 44.9 Å². The standard InChI is InChI=1S/C39H58O6/c1-34(2,43)19-9-20-39(8,44)27-16-22-37(6)26(27)12-14-31-36(5)21-18-32(35(3,4)30(36)17-23-38(31,37)7)45-33(42)15-11-25-10-13-28(40)29(41)24-25/h9-11,13,15,19,24,26-27,30-32,40-41,43-44H,12,14,16-18,20-23H2,1-8H3. The number of carbonyl (C=O) groups is 1. The van der Waals surface area contributed by atoms with E-state index in [1.165, 1.54) is 24.6 Å². The molecule has 1 aromatic rings. The van der Waals surface area contributed by atoms with Gasteiger partial charge in [-0.15, -0.1) is 0 Å². The van der Waals surface area contributed by atoms with Crippen LogP contribution in [-0.4, -0.2) is 43.7 Å². The van der Waals surface area contributed by atoms with Gasteiger partial charge in [0.25, 0.3) is 0 Å². The Morgan fingerprint density at radius 1 is 0.889 bits per heavy atom. The number of ether oxygens (including phenoxy) is 1. The predicted molar refractivity (Wildman–Crippen MR) is 178 cm³/mol. The van der Waals surface area contributed by atoms with Gasteiger partial charge in [-0.3, -0.25) is 0 Å². The van der Waals surface area contributed by atoms with Crippen LogP contribution in [0.3, 0.4) is 0 Å². The van der Waals surface area contributed by atoms with Gasteiger partial charge in [-0.25, -0.2) is 4.79 Å². The second kappa shape index (κ2) is 11.4. The maximum absolute atomic E-state index is 13.0. The van der Waals surface area contributed by atoms with E-state index in [0.29, 0.717) is 29.7 Å². The number of aliphatic hydroxyl groups is 2. The number of phenolic OH excluding ortho intramolecular Hbond substituents is 2. The Morgan fingerprint density at radius 2 is 1.58 bits per heavy atom. The molecule has 250 valence electrons. The molecular weight excluding hydrogens is 564 g/mol. The Bertz CT molecular complexity index is 1340. The van der Waals surface area contributed by atoms with Gasteiger partial charge >= 0.3 is 5.97 Å². The van der Waals surface area contributed by atoms with E-state index in [9.17, 15) is 25.2 Å². The minimum absolute atomic E-state index is 0.156. The molecule has 6 heteroatoms. The van der Waals surface area contributed by atoms with Crippen molar-refractivity contribution in [2.75, 3.05) is 0 Å². The van der Waals surface area contributed by atoms with Crippen LogP contribution in [0, 0.1) is 45.3 Å². The second-order valence-electron chi connectivity index (χ2n) is 17.3. The van der Waals surface area contributed by atoms with Crippen molar-refractivity contribution in [3.05, 3.63) is 42.0 Å². The number of benzene rings is 1. The molecular formula is C39H58O6. The minimum Gasteiger partial charge on any atom is -0.504 e. The lowest BCUT2D eigenvalue weighted by atomic mass is 9.35. The van der Waals surface area contributed by atoms with Gasteiger partial charge in [-0.05, 0) is 142 Å². The maximum atomic E-state index is 13.0. The molecule has 4 saturated carbocycles. The molecule has 4 N–H and O–H groups in total. The lowest BCUT2D eigenvalue weighted by Crippen LogP contribution is -2.64. The van der Waals surface area contributed by atoms with Crippen LogP contribution >= 0.6 is 0 Å². The number of phenols is 2. The molecule has 0 heterocycles. The van der Waals surface area contributed by atoms with E-state index < -0.39 is 11.2 Å². The van der Waals surface area contributed by atoms with Crippen molar-refractivity contribution in [1.29, 1.82) is 0 Å². The van der Waals surface area contributed by atoms with E-state index in [1.807, 2.05) is 19.1 Å². The van der Waals surface area contributed by atoms with Gasteiger partial charge in [-0.2, -0.15) is 0 Å². The Hall–Kier alpha value is -2.31. The highest BCUT2D eigenvalue weighted by Gasteiger charge is 2.69. The lowest BCUT2D eigenvalue weighted by Gasteiger charge is -2.70. The third-order valence-corrected chi connectivity index (χ3v) is 13.9. The molecule has 0 radical (unpaired) electrons. The second-order valence-corrected chi connectivity index (χ2v) is 17.3. The molecule has 0 aliphatic heterocycles. The van der Waals surface area contributed by atoms with Gasteiger partial charge in [0, 0.05) is 11.5 Å². The monoisotopic (exact) mass is 622 g/mol. The number of fused-ring (bicyclic) bond motifs is 5. The summed E-state index contributed by atoms with van der Waals surface area (Å²) in [6.45, 7) is 17.8. The number of esters is 1. The summed E-state index contributed by atoms with van der Waals surface area (Å²) < 4.78 is 6.14. The van der Waals surface area contributed by atoms with Crippen molar-refractivity contribution in [3.8, 4) is 11.5 Å². The molecule has 0 bridgehead atoms. The smallest absolute Gasteiger partial charge is 0.331 e. The molecule has 5 rings (SSSR count). The Morgan fingerprint density at radius 3 is 2.24 bits per heavy atom. The van der Waals surface area contributed by atoms with E-state index >= 15 is 0 Å². The first-order valence-corrected chi connectivity index (χ1v) is 17.3. The fourth-order valence-corrected chi connectivity index (χ4v) is 11.4. The maximum Gasteiger partial charge on any atom is 0.331 e. The van der Waals surface area contributed by atoms with E-state index in [1.54, 1.807) is 26.0 Å². The van der Waals surface area contributed by atoms with Crippen LogP contribution in [0.4, 0.5) is 0 Å². The first-order chi connectivity index (χ1) is 20.7. The number of hydrogen-bond donors (Lipinski definition) is 4. The molecule has 0 saturated heterocycles. The highest BCUT2D eigenvalue weighted by atomic mass is 16.5. The third kappa shape index (κ3) is 5.88. The highest BCUT2D eigenvalue weighted by molar-refractivity contribution is 5.87. The van der Waals surface area contributed by atoms with Crippen LogP contribution in [-0.2, 0) is 9.53 Å². The minimum atomic E-state index is -0.875.